The number of benzene rings is 6. The van der Waals surface area contributed by atoms with Gasteiger partial charge in [-0.25, -0.2) is 0 Å². The van der Waals surface area contributed by atoms with Crippen molar-refractivity contribution >= 4 is 23.8 Å². The largest absolute Gasteiger partial charge is 2.00 e. The molecular formula is C40H39O2PPd2. The summed E-state index contributed by atoms with van der Waals surface area (Å²) in [5, 5.41) is 21.3. The molecule has 0 saturated heterocycles. The molecule has 236 valence electrons. The second-order valence-electron chi connectivity index (χ2n) is 9.27. The molecule has 2 N–H and O–H groups in total. The molecular weight excluding hydrogens is 756 g/mol. The fraction of sp³-hybridized carbons (Fsp3) is 0.100. The van der Waals surface area contributed by atoms with Gasteiger partial charge < -0.3 is 10.2 Å². The van der Waals surface area contributed by atoms with Crippen LogP contribution in [-0.2, 0) is 53.7 Å². The maximum atomic E-state index is 8.50. The van der Waals surface area contributed by atoms with E-state index in [-0.39, 0.29) is 54.1 Å². The summed E-state index contributed by atoms with van der Waals surface area (Å²) in [5.74, 6) is 0. The summed E-state index contributed by atoms with van der Waals surface area (Å²) < 4.78 is 0. The number of aliphatic hydroxyl groups excluding tert-OH is 2. The number of hydrogen-bond acceptors (Lipinski definition) is 2. The van der Waals surface area contributed by atoms with Gasteiger partial charge in [-0.05, 0) is 49.2 Å². The smallest absolute Gasteiger partial charge is 0.396 e. The summed E-state index contributed by atoms with van der Waals surface area (Å²) in [7, 11) is -0.877. The Morgan fingerprint density at radius 2 is 0.733 bits per heavy atom. The Morgan fingerprint density at radius 3 is 0.978 bits per heavy atom. The number of aliphatic hydroxyl groups is 2. The van der Waals surface area contributed by atoms with Gasteiger partial charge in [-0.2, -0.15) is 108 Å². The summed E-state index contributed by atoms with van der Waals surface area (Å²) in [4.78, 5) is 0. The van der Waals surface area contributed by atoms with Crippen LogP contribution in [0.4, 0.5) is 0 Å². The van der Waals surface area contributed by atoms with Crippen LogP contribution in [0, 0.1) is 18.2 Å². The minimum atomic E-state index is -0.877. The van der Waals surface area contributed by atoms with Gasteiger partial charge in [-0.15, -0.1) is 0 Å². The van der Waals surface area contributed by atoms with E-state index < -0.39 is 7.92 Å². The van der Waals surface area contributed by atoms with Gasteiger partial charge in [0.05, 0.1) is 7.92 Å². The van der Waals surface area contributed by atoms with Crippen LogP contribution in [0.2, 0.25) is 0 Å². The van der Waals surface area contributed by atoms with Gasteiger partial charge in [0.2, 0.25) is 0 Å². The molecule has 6 rings (SSSR count). The van der Waals surface area contributed by atoms with Gasteiger partial charge in [0.25, 0.3) is 0 Å². The molecule has 0 heterocycles. The van der Waals surface area contributed by atoms with Crippen molar-refractivity contribution in [2.24, 2.45) is 0 Å². The minimum Gasteiger partial charge on any atom is -0.396 e. The second kappa shape index (κ2) is 26.2. The Balaban J connectivity index is 0.000000329. The van der Waals surface area contributed by atoms with Crippen LogP contribution in [0.25, 0.3) is 0 Å². The maximum Gasteiger partial charge on any atom is 2.00 e. The Kier molecular flexibility index (Phi) is 23.3. The quantitative estimate of drug-likeness (QED) is 0.107. The third-order valence-electron chi connectivity index (χ3n) is 6.10. The molecule has 0 spiro atoms. The van der Waals surface area contributed by atoms with Gasteiger partial charge in [-0.3, -0.25) is 0 Å². The van der Waals surface area contributed by atoms with E-state index in [1.807, 2.05) is 78.9 Å². The van der Waals surface area contributed by atoms with Crippen LogP contribution in [0.1, 0.15) is 11.1 Å². The first-order valence-corrected chi connectivity index (χ1v) is 15.9. The van der Waals surface area contributed by atoms with Crippen LogP contribution in [-0.4, -0.2) is 23.4 Å². The predicted molar refractivity (Wildman–Crippen MR) is 184 cm³/mol. The summed E-state index contributed by atoms with van der Waals surface area (Å²) in [6.07, 6.45) is 1.42. The van der Waals surface area contributed by atoms with E-state index in [4.69, 9.17) is 10.2 Å². The first kappa shape index (κ1) is 40.0. The van der Waals surface area contributed by atoms with Crippen molar-refractivity contribution < 1.29 is 51.1 Å². The van der Waals surface area contributed by atoms with Gasteiger partial charge >= 0.3 is 20.4 Å². The average Bonchev–Trinajstić information content (AvgIpc) is 3.09. The van der Waals surface area contributed by atoms with Gasteiger partial charge in [0, 0.05) is 33.6 Å². The van der Waals surface area contributed by atoms with Gasteiger partial charge in [0.15, 0.2) is 0 Å². The maximum absolute atomic E-state index is 8.50. The van der Waals surface area contributed by atoms with E-state index in [2.05, 4.69) is 109 Å². The topological polar surface area (TPSA) is 40.5 Å². The van der Waals surface area contributed by atoms with E-state index in [0.29, 0.717) is 12.8 Å². The Hall–Kier alpha value is -3.01. The first-order valence-electron chi connectivity index (χ1n) is 14.4. The number of rotatable bonds is 7. The van der Waals surface area contributed by atoms with Crippen LogP contribution in [0.3, 0.4) is 0 Å². The average molecular weight is 796 g/mol. The zero-order valence-electron chi connectivity index (χ0n) is 25.0. The Morgan fingerprint density at radius 1 is 0.422 bits per heavy atom. The van der Waals surface area contributed by atoms with Gasteiger partial charge in [0.1, 0.15) is 15.9 Å². The Labute approximate surface area is 298 Å². The summed E-state index contributed by atoms with van der Waals surface area (Å²) in [5.41, 5.74) is 2.14. The standard InChI is InChI=1S/C18H15P.2C8H9O.C6H5.2Pd/c1-4-10-16(11-5-1)19(17-12-6-2-7-13-17)18-14-8-3-9-15-18;2*9-7-6-8-4-2-1-3-5-8;1-2-4-6-5-3-1;;/h1-15H;2*1-4,9H,6-7H2;1-5H;;/q;3*-1;;+2/p+1. The van der Waals surface area contributed by atoms with E-state index in [0.717, 1.165) is 11.1 Å². The third kappa shape index (κ3) is 16.8. The molecule has 45 heavy (non-hydrogen) atoms. The fourth-order valence-corrected chi connectivity index (χ4v) is 6.65. The van der Waals surface area contributed by atoms with Crippen molar-refractivity contribution in [2.45, 2.75) is 12.8 Å². The molecule has 0 saturated carbocycles. The summed E-state index contributed by atoms with van der Waals surface area (Å²) in [6.45, 7) is 0.418. The molecule has 0 aliphatic rings. The molecule has 5 heteroatoms. The van der Waals surface area contributed by atoms with Crippen molar-refractivity contribution in [2.75, 3.05) is 13.2 Å². The molecule has 0 bridgehead atoms. The van der Waals surface area contributed by atoms with Crippen molar-refractivity contribution in [3.8, 4) is 0 Å². The van der Waals surface area contributed by atoms with E-state index in [1.165, 1.54) is 15.9 Å². The molecule has 0 aromatic heterocycles. The molecule has 0 aliphatic carbocycles. The molecule has 2 nitrogen and oxygen atoms in total. The zero-order valence-corrected chi connectivity index (χ0v) is 29.1. The zero-order chi connectivity index (χ0) is 30.2. The molecule has 6 aromatic rings. The minimum absolute atomic E-state index is 0. The number of hydrogen-bond donors (Lipinski definition) is 2. The predicted octanol–water partition coefficient (Wildman–Crippen LogP) is 6.70. The van der Waals surface area contributed by atoms with Gasteiger partial charge in [-0.1, -0.05) is 54.6 Å². The summed E-state index contributed by atoms with van der Waals surface area (Å²) >= 11 is 0. The van der Waals surface area contributed by atoms with Crippen LogP contribution >= 0.6 is 7.92 Å². The van der Waals surface area contributed by atoms with E-state index >= 15 is 0 Å². The first-order chi connectivity index (χ1) is 21.3. The molecule has 0 atom stereocenters. The van der Waals surface area contributed by atoms with Crippen LogP contribution < -0.4 is 15.9 Å². The van der Waals surface area contributed by atoms with Crippen molar-refractivity contribution in [3.05, 3.63) is 199 Å². The van der Waals surface area contributed by atoms with Crippen molar-refractivity contribution in [1.82, 2.24) is 0 Å². The summed E-state index contributed by atoms with van der Waals surface area (Å²) in [6, 6.07) is 66.4. The monoisotopic (exact) mass is 794 g/mol. The third-order valence-corrected chi connectivity index (χ3v) is 8.84. The molecule has 0 radical (unpaired) electrons. The molecule has 0 fully saturated rings. The van der Waals surface area contributed by atoms with Crippen molar-refractivity contribution in [3.63, 3.8) is 0 Å². The SMILES string of the molecule is OCCc1[c-]cccc1.OCCc1[c-]cccc1.[Pd+2].[Pd].[c-]1ccccc1.c1ccc([PH+](c2ccccc2)c2ccccc2)cc1. The Bertz CT molecular complexity index is 1300. The molecule has 6 aromatic carbocycles. The van der Waals surface area contributed by atoms with E-state index in [9.17, 15) is 0 Å². The normalized spacial score (nSPS) is 9.31. The van der Waals surface area contributed by atoms with Crippen LogP contribution in [0.5, 0.6) is 0 Å². The van der Waals surface area contributed by atoms with Crippen molar-refractivity contribution in [1.29, 1.82) is 0 Å². The molecule has 0 unspecified atom stereocenters. The van der Waals surface area contributed by atoms with Crippen LogP contribution in [0.15, 0.2) is 170 Å². The fourth-order valence-electron chi connectivity index (χ4n) is 4.07. The van der Waals surface area contributed by atoms with E-state index in [1.54, 1.807) is 0 Å². The molecule has 0 aliphatic heterocycles. The second-order valence-corrected chi connectivity index (χ2v) is 11.8. The molecule has 0 amide bonds.